The largest absolute Gasteiger partial charge is 0.497 e. The van der Waals surface area contributed by atoms with Gasteiger partial charge in [-0.3, -0.25) is 4.79 Å². The summed E-state index contributed by atoms with van der Waals surface area (Å²) >= 11 is 0. The molecule has 144 valence electrons. The van der Waals surface area contributed by atoms with Gasteiger partial charge in [-0.1, -0.05) is 47.6 Å². The minimum absolute atomic E-state index is 0.00653. The van der Waals surface area contributed by atoms with Crippen LogP contribution in [0.5, 0.6) is 5.75 Å². The maximum atomic E-state index is 13.4. The number of fused-ring (bicyclic) bond motifs is 2. The molecule has 3 nitrogen and oxygen atoms in total. The molecule has 1 aromatic heterocycles. The highest BCUT2D eigenvalue weighted by molar-refractivity contribution is 5.92. The van der Waals surface area contributed by atoms with Crippen LogP contribution in [0.3, 0.4) is 0 Å². The molecule has 0 bridgehead atoms. The highest BCUT2D eigenvalue weighted by atomic mass is 16.5. The normalized spacial score (nSPS) is 12.7. The van der Waals surface area contributed by atoms with Gasteiger partial charge >= 0.3 is 0 Å². The maximum Gasteiger partial charge on any atom is 0.200 e. The zero-order chi connectivity index (χ0) is 20.0. The van der Waals surface area contributed by atoms with Gasteiger partial charge in [-0.25, -0.2) is 0 Å². The van der Waals surface area contributed by atoms with E-state index in [1.807, 2.05) is 18.2 Å². The highest BCUT2D eigenvalue weighted by Crippen LogP contribution is 2.38. The van der Waals surface area contributed by atoms with Crippen LogP contribution in [0.2, 0.25) is 0 Å². The molecule has 0 aliphatic carbocycles. The molecule has 0 aliphatic rings. The zero-order valence-electron chi connectivity index (χ0n) is 17.5. The van der Waals surface area contributed by atoms with Gasteiger partial charge in [0.2, 0.25) is 5.43 Å². The Bertz CT molecular complexity index is 1050. The van der Waals surface area contributed by atoms with E-state index in [9.17, 15) is 4.79 Å². The van der Waals surface area contributed by atoms with Crippen LogP contribution in [-0.4, -0.2) is 7.11 Å². The Labute approximate surface area is 161 Å². The first-order chi connectivity index (χ1) is 12.6. The summed E-state index contributed by atoms with van der Waals surface area (Å²) < 4.78 is 11.6. The van der Waals surface area contributed by atoms with Crippen molar-refractivity contribution in [1.29, 1.82) is 0 Å². The monoisotopic (exact) mass is 366 g/mol. The van der Waals surface area contributed by atoms with Crippen LogP contribution in [0.15, 0.2) is 39.5 Å². The van der Waals surface area contributed by atoms with Crippen molar-refractivity contribution < 1.29 is 9.15 Å². The van der Waals surface area contributed by atoms with E-state index in [1.54, 1.807) is 13.2 Å². The number of methoxy groups -OCH3 is 1. The molecule has 0 fully saturated rings. The molecule has 1 heterocycles. The van der Waals surface area contributed by atoms with Gasteiger partial charge in [0.25, 0.3) is 0 Å². The second kappa shape index (κ2) is 6.70. The fraction of sp³-hybridized carbons (Fsp3) is 0.458. The molecule has 0 spiro atoms. The number of hydrogen-bond acceptors (Lipinski definition) is 3. The van der Waals surface area contributed by atoms with Crippen molar-refractivity contribution >= 4 is 21.9 Å². The molecule has 0 N–H and O–H groups in total. The lowest BCUT2D eigenvalue weighted by Crippen LogP contribution is -2.21. The van der Waals surface area contributed by atoms with E-state index in [2.05, 4.69) is 47.6 Å². The van der Waals surface area contributed by atoms with Gasteiger partial charge in [0, 0.05) is 5.56 Å². The van der Waals surface area contributed by atoms with E-state index in [-0.39, 0.29) is 16.3 Å². The van der Waals surface area contributed by atoms with Gasteiger partial charge in [-0.15, -0.1) is 0 Å². The van der Waals surface area contributed by atoms with Gasteiger partial charge in [-0.05, 0) is 53.5 Å². The Balaban J connectivity index is 2.50. The third-order valence-electron chi connectivity index (χ3n) is 6.26. The molecule has 3 aromatic rings. The number of hydrogen-bond donors (Lipinski definition) is 0. The third-order valence-corrected chi connectivity index (χ3v) is 6.26. The molecule has 0 unspecified atom stereocenters. The molecule has 2 aromatic carbocycles. The lowest BCUT2D eigenvalue weighted by Gasteiger charge is -2.29. The van der Waals surface area contributed by atoms with Crippen molar-refractivity contribution in [2.45, 2.75) is 65.2 Å². The average Bonchev–Trinajstić information content (AvgIpc) is 2.67. The second-order valence-electron chi connectivity index (χ2n) is 8.67. The van der Waals surface area contributed by atoms with E-state index < -0.39 is 0 Å². The van der Waals surface area contributed by atoms with E-state index in [0.29, 0.717) is 27.7 Å². The van der Waals surface area contributed by atoms with Crippen LogP contribution in [0.4, 0.5) is 0 Å². The van der Waals surface area contributed by atoms with Crippen molar-refractivity contribution in [2.75, 3.05) is 7.11 Å². The van der Waals surface area contributed by atoms with Gasteiger partial charge in [0.05, 0.1) is 17.9 Å². The van der Waals surface area contributed by atoms with E-state index >= 15 is 0 Å². The molecule has 3 heteroatoms. The van der Waals surface area contributed by atoms with Crippen LogP contribution >= 0.6 is 0 Å². The maximum absolute atomic E-state index is 13.4. The quantitative estimate of drug-likeness (QED) is 0.495. The van der Waals surface area contributed by atoms with Gasteiger partial charge in [0.15, 0.2) is 0 Å². The first kappa shape index (κ1) is 19.5. The average molecular weight is 367 g/mol. The van der Waals surface area contributed by atoms with E-state index in [4.69, 9.17) is 9.15 Å². The fourth-order valence-corrected chi connectivity index (χ4v) is 3.35. The fourth-order valence-electron chi connectivity index (χ4n) is 3.35. The molecule has 3 rings (SSSR count). The van der Waals surface area contributed by atoms with E-state index in [1.165, 1.54) is 5.56 Å². The van der Waals surface area contributed by atoms with Crippen molar-refractivity contribution in [1.82, 2.24) is 0 Å². The Morgan fingerprint density at radius 2 is 1.59 bits per heavy atom. The minimum atomic E-state index is -0.0891. The predicted molar refractivity (Wildman–Crippen MR) is 113 cm³/mol. The first-order valence-corrected chi connectivity index (χ1v) is 9.74. The summed E-state index contributed by atoms with van der Waals surface area (Å²) in [6.07, 6.45) is 1.96. The van der Waals surface area contributed by atoms with Crippen LogP contribution in [0.1, 0.15) is 65.5 Å². The number of rotatable bonds is 5. The molecule has 0 atom stereocenters. The van der Waals surface area contributed by atoms with Crippen LogP contribution in [-0.2, 0) is 10.8 Å². The number of ether oxygens (including phenoxy) is 1. The summed E-state index contributed by atoms with van der Waals surface area (Å²) in [5, 5.41) is 1.22. The molecule has 0 aliphatic heterocycles. The van der Waals surface area contributed by atoms with Gasteiger partial charge < -0.3 is 9.15 Å². The zero-order valence-corrected chi connectivity index (χ0v) is 17.5. The van der Waals surface area contributed by atoms with Crippen molar-refractivity contribution in [3.05, 3.63) is 51.7 Å². The van der Waals surface area contributed by atoms with Crippen LogP contribution in [0.25, 0.3) is 21.9 Å². The molecule has 0 radical (unpaired) electrons. The second-order valence-corrected chi connectivity index (χ2v) is 8.67. The van der Waals surface area contributed by atoms with Crippen molar-refractivity contribution in [2.24, 2.45) is 0 Å². The molecular weight excluding hydrogens is 336 g/mol. The Hall–Kier alpha value is -2.29. The minimum Gasteiger partial charge on any atom is -0.497 e. The Morgan fingerprint density at radius 3 is 2.19 bits per heavy atom. The molecule has 0 saturated heterocycles. The summed E-state index contributed by atoms with van der Waals surface area (Å²) in [6.45, 7) is 13.2. The number of benzene rings is 2. The summed E-state index contributed by atoms with van der Waals surface area (Å²) in [5.41, 5.74) is 3.50. The molecule has 0 amide bonds. The Morgan fingerprint density at radius 1 is 0.926 bits per heavy atom. The topological polar surface area (TPSA) is 39.4 Å². The lowest BCUT2D eigenvalue weighted by molar-refractivity contribution is 0.415. The first-order valence-electron chi connectivity index (χ1n) is 9.74. The van der Waals surface area contributed by atoms with Crippen LogP contribution in [0, 0.1) is 0 Å². The third kappa shape index (κ3) is 3.24. The SMILES string of the molecule is CCC(C)(C)c1cc(C(C)(C)CC)c2oc3ccc(OC)cc3c(=O)c2c1. The molecule has 27 heavy (non-hydrogen) atoms. The summed E-state index contributed by atoms with van der Waals surface area (Å²) in [7, 11) is 1.60. The smallest absolute Gasteiger partial charge is 0.200 e. The van der Waals surface area contributed by atoms with Gasteiger partial charge in [-0.2, -0.15) is 0 Å². The molecule has 0 saturated carbocycles. The van der Waals surface area contributed by atoms with Crippen molar-refractivity contribution in [3.8, 4) is 5.75 Å². The standard InChI is InChI=1S/C24H30O3/c1-8-23(3,4)15-12-18-21(25)17-14-16(26-7)10-11-20(17)27-22(18)19(13-15)24(5,6)9-2/h10-14H,8-9H2,1-7H3. The summed E-state index contributed by atoms with van der Waals surface area (Å²) in [6, 6.07) is 9.69. The highest BCUT2D eigenvalue weighted by Gasteiger charge is 2.28. The van der Waals surface area contributed by atoms with E-state index in [0.717, 1.165) is 18.4 Å². The van der Waals surface area contributed by atoms with Crippen LogP contribution < -0.4 is 10.2 Å². The summed E-state index contributed by atoms with van der Waals surface area (Å²) in [4.78, 5) is 13.4. The lowest BCUT2D eigenvalue weighted by atomic mass is 9.75. The van der Waals surface area contributed by atoms with Gasteiger partial charge in [0.1, 0.15) is 16.9 Å². The predicted octanol–water partition coefficient (Wildman–Crippen LogP) is 6.33. The summed E-state index contributed by atoms with van der Waals surface area (Å²) in [5.74, 6) is 0.660. The van der Waals surface area contributed by atoms with Crippen molar-refractivity contribution in [3.63, 3.8) is 0 Å². The molecular formula is C24H30O3. The Kier molecular flexibility index (Phi) is 4.83.